The minimum absolute atomic E-state index is 0.151. The van der Waals surface area contributed by atoms with Crippen molar-refractivity contribution in [1.82, 2.24) is 14.7 Å². The Hall–Kier alpha value is -3.85. The fourth-order valence-electron chi connectivity index (χ4n) is 3.97. The summed E-state index contributed by atoms with van der Waals surface area (Å²) in [6.07, 6.45) is 0.573. The van der Waals surface area contributed by atoms with Gasteiger partial charge in [-0.1, -0.05) is 39.0 Å². The molecule has 0 radical (unpaired) electrons. The molecule has 204 valence electrons. The molecule has 0 aliphatic carbocycles. The topological polar surface area (TPSA) is 94.9 Å². The molecule has 0 saturated carbocycles. The van der Waals surface area contributed by atoms with Gasteiger partial charge in [0.2, 0.25) is 5.91 Å². The quantitative estimate of drug-likeness (QED) is 0.370. The molecule has 0 fully saturated rings. The van der Waals surface area contributed by atoms with Gasteiger partial charge in [0.1, 0.15) is 23.9 Å². The molecule has 38 heavy (non-hydrogen) atoms. The standard InChI is InChI=1S/C29H38N4O5/c1-20-11-8-9-12-23(20)33-26(18-25(31-33)29(2,3)4)30-27(34)19-32(15-10-16-36-5)28(35)22-14-13-21(37-6)17-24(22)38-7/h8-9,11-14,17-18H,10,15-16,19H2,1-7H3,(H,30,34). The van der Waals surface area contributed by atoms with Crippen LogP contribution in [0.4, 0.5) is 5.82 Å². The molecule has 2 amide bonds. The molecule has 1 N–H and O–H groups in total. The second kappa shape index (κ2) is 12.6. The first kappa shape index (κ1) is 28.7. The molecular formula is C29H38N4O5. The molecule has 3 aromatic rings. The second-order valence-corrected chi connectivity index (χ2v) is 10.1. The molecule has 0 unspecified atom stereocenters. The first-order valence-electron chi connectivity index (χ1n) is 12.6. The number of nitrogens with zero attached hydrogens (tertiary/aromatic N) is 3. The monoisotopic (exact) mass is 522 g/mol. The summed E-state index contributed by atoms with van der Waals surface area (Å²) in [5.74, 6) is 0.831. The van der Waals surface area contributed by atoms with Gasteiger partial charge in [-0.2, -0.15) is 5.10 Å². The van der Waals surface area contributed by atoms with Crippen LogP contribution < -0.4 is 14.8 Å². The van der Waals surface area contributed by atoms with Gasteiger partial charge in [-0.3, -0.25) is 9.59 Å². The third-order valence-corrected chi connectivity index (χ3v) is 6.13. The van der Waals surface area contributed by atoms with Crippen LogP contribution in [0.3, 0.4) is 0 Å². The number of carbonyl (C=O) groups is 2. The van der Waals surface area contributed by atoms with Gasteiger partial charge in [0.05, 0.1) is 31.2 Å². The van der Waals surface area contributed by atoms with Crippen molar-refractivity contribution in [1.29, 1.82) is 0 Å². The normalized spacial score (nSPS) is 11.2. The number of nitrogens with one attached hydrogen (secondary N) is 1. The van der Waals surface area contributed by atoms with Crippen LogP contribution in [0.1, 0.15) is 48.8 Å². The van der Waals surface area contributed by atoms with Crippen LogP contribution in [0.15, 0.2) is 48.5 Å². The highest BCUT2D eigenvalue weighted by Gasteiger charge is 2.25. The van der Waals surface area contributed by atoms with E-state index < -0.39 is 0 Å². The molecule has 0 saturated heterocycles. The number of carbonyl (C=O) groups excluding carboxylic acids is 2. The third kappa shape index (κ3) is 6.92. The lowest BCUT2D eigenvalue weighted by atomic mass is 9.92. The number of methoxy groups -OCH3 is 3. The number of amides is 2. The van der Waals surface area contributed by atoms with Crippen molar-refractivity contribution in [3.05, 3.63) is 65.4 Å². The molecule has 9 heteroatoms. The van der Waals surface area contributed by atoms with E-state index in [2.05, 4.69) is 26.1 Å². The second-order valence-electron chi connectivity index (χ2n) is 10.1. The van der Waals surface area contributed by atoms with Crippen molar-refractivity contribution in [3.8, 4) is 17.2 Å². The maximum Gasteiger partial charge on any atom is 0.258 e. The fourth-order valence-corrected chi connectivity index (χ4v) is 3.97. The van der Waals surface area contributed by atoms with E-state index >= 15 is 0 Å². The number of aromatic nitrogens is 2. The summed E-state index contributed by atoms with van der Waals surface area (Å²) in [6, 6.07) is 14.7. The van der Waals surface area contributed by atoms with Crippen LogP contribution in [-0.2, 0) is 14.9 Å². The van der Waals surface area contributed by atoms with Gasteiger partial charge in [-0.25, -0.2) is 4.68 Å². The Morgan fingerprint density at radius 1 is 1.03 bits per heavy atom. The van der Waals surface area contributed by atoms with Crippen LogP contribution in [-0.4, -0.2) is 67.5 Å². The van der Waals surface area contributed by atoms with Crippen LogP contribution in [0.5, 0.6) is 11.5 Å². The number of rotatable bonds is 11. The summed E-state index contributed by atoms with van der Waals surface area (Å²) in [7, 11) is 4.64. The Labute approximate surface area is 224 Å². The number of ether oxygens (including phenoxy) is 3. The third-order valence-electron chi connectivity index (χ3n) is 6.13. The summed E-state index contributed by atoms with van der Waals surface area (Å²) in [6.45, 7) is 8.85. The first-order valence-corrected chi connectivity index (χ1v) is 12.6. The Balaban J connectivity index is 1.90. The van der Waals surface area contributed by atoms with Crippen LogP contribution in [0.25, 0.3) is 5.69 Å². The van der Waals surface area contributed by atoms with E-state index in [-0.39, 0.29) is 23.8 Å². The Morgan fingerprint density at radius 3 is 2.39 bits per heavy atom. The number of para-hydroxylation sites is 1. The molecule has 1 aromatic heterocycles. The summed E-state index contributed by atoms with van der Waals surface area (Å²) in [5, 5.41) is 7.79. The van der Waals surface area contributed by atoms with Gasteiger partial charge in [-0.15, -0.1) is 0 Å². The van der Waals surface area contributed by atoms with Crippen LogP contribution in [0.2, 0.25) is 0 Å². The van der Waals surface area contributed by atoms with E-state index in [1.807, 2.05) is 37.3 Å². The maximum atomic E-state index is 13.5. The van der Waals surface area contributed by atoms with Crippen molar-refractivity contribution in [2.24, 2.45) is 0 Å². The van der Waals surface area contributed by atoms with Gasteiger partial charge in [-0.05, 0) is 37.1 Å². The van der Waals surface area contributed by atoms with Gasteiger partial charge >= 0.3 is 0 Å². The average Bonchev–Trinajstić information content (AvgIpc) is 3.31. The first-order chi connectivity index (χ1) is 18.1. The summed E-state index contributed by atoms with van der Waals surface area (Å²) >= 11 is 0. The zero-order valence-corrected chi connectivity index (χ0v) is 23.3. The zero-order chi connectivity index (χ0) is 27.9. The van der Waals surface area contributed by atoms with Gasteiger partial charge in [0.25, 0.3) is 5.91 Å². The van der Waals surface area contributed by atoms with E-state index in [0.29, 0.717) is 42.5 Å². The molecule has 0 atom stereocenters. The maximum absolute atomic E-state index is 13.5. The van der Waals surface area contributed by atoms with Crippen molar-refractivity contribution in [2.75, 3.05) is 46.3 Å². The van der Waals surface area contributed by atoms with E-state index in [4.69, 9.17) is 19.3 Å². The molecule has 1 heterocycles. The summed E-state index contributed by atoms with van der Waals surface area (Å²) < 4.78 is 17.6. The van der Waals surface area contributed by atoms with E-state index in [9.17, 15) is 9.59 Å². The Kier molecular flexibility index (Phi) is 9.52. The SMILES string of the molecule is COCCCN(CC(=O)Nc1cc(C(C)(C)C)nn1-c1ccccc1C)C(=O)c1ccc(OC)cc1OC. The fraction of sp³-hybridized carbons (Fsp3) is 0.414. The lowest BCUT2D eigenvalue weighted by Crippen LogP contribution is -2.39. The summed E-state index contributed by atoms with van der Waals surface area (Å²) in [5.41, 5.74) is 2.86. The zero-order valence-electron chi connectivity index (χ0n) is 23.3. The van der Waals surface area contributed by atoms with Gasteiger partial charge in [0, 0.05) is 37.8 Å². The number of hydrogen-bond acceptors (Lipinski definition) is 6. The molecule has 2 aromatic carbocycles. The highest BCUT2D eigenvalue weighted by atomic mass is 16.5. The van der Waals surface area contributed by atoms with Crippen molar-refractivity contribution >= 4 is 17.6 Å². The van der Waals surface area contributed by atoms with Crippen LogP contribution in [0, 0.1) is 6.92 Å². The molecule has 0 aliphatic rings. The predicted octanol–water partition coefficient (Wildman–Crippen LogP) is 4.61. The Morgan fingerprint density at radius 2 is 1.76 bits per heavy atom. The van der Waals surface area contributed by atoms with Crippen molar-refractivity contribution in [3.63, 3.8) is 0 Å². The van der Waals surface area contributed by atoms with Crippen molar-refractivity contribution in [2.45, 2.75) is 39.5 Å². The minimum Gasteiger partial charge on any atom is -0.497 e. The molecule has 0 bridgehead atoms. The minimum atomic E-state index is -0.335. The Bertz CT molecular complexity index is 1260. The largest absolute Gasteiger partial charge is 0.497 e. The highest BCUT2D eigenvalue weighted by Crippen LogP contribution is 2.28. The summed E-state index contributed by atoms with van der Waals surface area (Å²) in [4.78, 5) is 28.4. The predicted molar refractivity (Wildman–Crippen MR) is 148 cm³/mol. The number of hydrogen-bond donors (Lipinski definition) is 1. The van der Waals surface area contributed by atoms with Crippen molar-refractivity contribution < 1.29 is 23.8 Å². The van der Waals surface area contributed by atoms with E-state index in [1.165, 1.54) is 12.0 Å². The molecule has 9 nitrogen and oxygen atoms in total. The molecule has 0 spiro atoms. The molecule has 0 aliphatic heterocycles. The van der Waals surface area contributed by atoms with E-state index in [1.54, 1.807) is 37.1 Å². The van der Waals surface area contributed by atoms with E-state index in [0.717, 1.165) is 16.9 Å². The molecular weight excluding hydrogens is 484 g/mol. The number of aryl methyl sites for hydroxylation is 1. The molecule has 3 rings (SSSR count). The van der Waals surface area contributed by atoms with Gasteiger partial charge < -0.3 is 24.4 Å². The van der Waals surface area contributed by atoms with Gasteiger partial charge in [0.15, 0.2) is 0 Å². The lowest BCUT2D eigenvalue weighted by Gasteiger charge is -2.23. The smallest absolute Gasteiger partial charge is 0.258 e. The highest BCUT2D eigenvalue weighted by molar-refractivity contribution is 6.01. The number of benzene rings is 2. The lowest BCUT2D eigenvalue weighted by molar-refractivity contribution is -0.117. The number of anilines is 1. The average molecular weight is 523 g/mol. The van der Waals surface area contributed by atoms with Crippen LogP contribution >= 0.6 is 0 Å².